The molecule has 108 valence electrons. The van der Waals surface area contributed by atoms with E-state index in [0.29, 0.717) is 5.56 Å². The third-order valence-electron chi connectivity index (χ3n) is 2.93. The van der Waals surface area contributed by atoms with Crippen LogP contribution in [0.3, 0.4) is 0 Å². The van der Waals surface area contributed by atoms with Gasteiger partial charge in [0.1, 0.15) is 5.76 Å². The second-order valence-corrected chi connectivity index (χ2v) is 5.66. The van der Waals surface area contributed by atoms with Crippen molar-refractivity contribution in [2.45, 2.75) is 13.3 Å². The molecule has 0 saturated carbocycles. The number of rotatable bonds is 5. The van der Waals surface area contributed by atoms with Crippen LogP contribution in [-0.4, -0.2) is 22.0 Å². The molecule has 0 unspecified atom stereocenters. The average molecular weight is 302 g/mol. The van der Waals surface area contributed by atoms with Gasteiger partial charge in [-0.15, -0.1) is 11.3 Å². The lowest BCUT2D eigenvalue weighted by atomic mass is 10.1. The number of aryl methyl sites for hydroxylation is 1. The maximum atomic E-state index is 11.0. The van der Waals surface area contributed by atoms with Crippen molar-refractivity contribution in [2.75, 3.05) is 0 Å². The molecule has 2 aromatic rings. The van der Waals surface area contributed by atoms with Gasteiger partial charge < -0.3 is 10.2 Å². The molecule has 0 bridgehead atoms. The summed E-state index contributed by atoms with van der Waals surface area (Å²) in [5, 5.41) is 19.9. The maximum absolute atomic E-state index is 11.0. The SMILES string of the molecule is Cc1ccc(Cc2cc(C(O)=CC(=O)C(=O)O)cs2)cc1. The largest absolute Gasteiger partial charge is 0.507 e. The number of hydrogen-bond acceptors (Lipinski definition) is 4. The predicted octanol–water partition coefficient (Wildman–Crippen LogP) is 3.20. The van der Waals surface area contributed by atoms with Crippen LogP contribution in [0, 0.1) is 6.92 Å². The van der Waals surface area contributed by atoms with Gasteiger partial charge in [-0.1, -0.05) is 29.8 Å². The number of benzene rings is 1. The van der Waals surface area contributed by atoms with Gasteiger partial charge in [-0.3, -0.25) is 4.79 Å². The summed E-state index contributed by atoms with van der Waals surface area (Å²) in [7, 11) is 0. The quantitative estimate of drug-likeness (QED) is 0.505. The first-order valence-electron chi connectivity index (χ1n) is 6.27. The molecule has 21 heavy (non-hydrogen) atoms. The predicted molar refractivity (Wildman–Crippen MR) is 81.6 cm³/mol. The highest BCUT2D eigenvalue weighted by Crippen LogP contribution is 2.23. The van der Waals surface area contributed by atoms with Crippen LogP contribution in [0.15, 0.2) is 41.8 Å². The number of aliphatic hydroxyl groups excluding tert-OH is 1. The van der Waals surface area contributed by atoms with Gasteiger partial charge in [0, 0.05) is 28.3 Å². The molecule has 1 heterocycles. The van der Waals surface area contributed by atoms with Crippen LogP contribution < -0.4 is 0 Å². The molecule has 5 heteroatoms. The van der Waals surface area contributed by atoms with Crippen LogP contribution in [0.5, 0.6) is 0 Å². The number of hydrogen-bond donors (Lipinski definition) is 2. The molecular formula is C16H14O4S. The van der Waals surface area contributed by atoms with Crippen molar-refractivity contribution in [1.82, 2.24) is 0 Å². The summed E-state index contributed by atoms with van der Waals surface area (Å²) in [5.74, 6) is -3.05. The highest BCUT2D eigenvalue weighted by atomic mass is 32.1. The van der Waals surface area contributed by atoms with E-state index < -0.39 is 11.8 Å². The van der Waals surface area contributed by atoms with E-state index >= 15 is 0 Å². The van der Waals surface area contributed by atoms with Crippen LogP contribution in [0.25, 0.3) is 5.76 Å². The van der Waals surface area contributed by atoms with Crippen molar-refractivity contribution in [1.29, 1.82) is 0 Å². The maximum Gasteiger partial charge on any atom is 0.376 e. The first-order chi connectivity index (χ1) is 9.95. The van der Waals surface area contributed by atoms with Gasteiger partial charge in [0.25, 0.3) is 5.78 Å². The summed E-state index contributed by atoms with van der Waals surface area (Å²) >= 11 is 1.45. The molecule has 4 nitrogen and oxygen atoms in total. The second-order valence-electron chi connectivity index (χ2n) is 4.66. The van der Waals surface area contributed by atoms with Gasteiger partial charge in [-0.25, -0.2) is 4.79 Å². The van der Waals surface area contributed by atoms with Crippen molar-refractivity contribution in [2.24, 2.45) is 0 Å². The molecule has 0 spiro atoms. The van der Waals surface area contributed by atoms with E-state index in [2.05, 4.69) is 0 Å². The smallest absolute Gasteiger partial charge is 0.376 e. The van der Waals surface area contributed by atoms with Crippen LogP contribution in [-0.2, 0) is 16.0 Å². The Morgan fingerprint density at radius 3 is 2.48 bits per heavy atom. The van der Waals surface area contributed by atoms with Gasteiger partial charge in [-0.2, -0.15) is 0 Å². The molecule has 0 aliphatic heterocycles. The second kappa shape index (κ2) is 6.37. The Morgan fingerprint density at radius 1 is 1.19 bits per heavy atom. The number of carbonyl (C=O) groups is 2. The average Bonchev–Trinajstić information content (AvgIpc) is 2.90. The van der Waals surface area contributed by atoms with E-state index in [0.717, 1.165) is 22.9 Å². The number of aliphatic hydroxyl groups is 1. The Morgan fingerprint density at radius 2 is 1.86 bits per heavy atom. The van der Waals surface area contributed by atoms with Crippen molar-refractivity contribution in [3.05, 3.63) is 63.4 Å². The van der Waals surface area contributed by atoms with Crippen molar-refractivity contribution in [3.63, 3.8) is 0 Å². The Balaban J connectivity index is 2.12. The third kappa shape index (κ3) is 4.03. The Kier molecular flexibility index (Phi) is 4.55. The molecule has 1 aromatic heterocycles. The molecule has 0 aliphatic rings. The lowest BCUT2D eigenvalue weighted by Gasteiger charge is -1.99. The van der Waals surface area contributed by atoms with Crippen molar-refractivity contribution >= 4 is 28.8 Å². The summed E-state index contributed by atoms with van der Waals surface area (Å²) in [5.41, 5.74) is 2.80. The van der Waals surface area contributed by atoms with E-state index in [9.17, 15) is 14.7 Å². The molecular weight excluding hydrogens is 288 g/mol. The van der Waals surface area contributed by atoms with Crippen molar-refractivity contribution in [3.8, 4) is 0 Å². The summed E-state index contributed by atoms with van der Waals surface area (Å²) < 4.78 is 0. The van der Waals surface area contributed by atoms with Crippen LogP contribution >= 0.6 is 11.3 Å². The highest BCUT2D eigenvalue weighted by Gasteiger charge is 2.11. The molecule has 0 radical (unpaired) electrons. The summed E-state index contributed by atoms with van der Waals surface area (Å²) in [6.07, 6.45) is 1.45. The van der Waals surface area contributed by atoms with Gasteiger partial charge in [-0.05, 0) is 18.6 Å². The summed E-state index contributed by atoms with van der Waals surface area (Å²) in [4.78, 5) is 22.5. The van der Waals surface area contributed by atoms with E-state index in [1.165, 1.54) is 16.9 Å². The molecule has 0 atom stereocenters. The molecule has 1 aromatic carbocycles. The minimum Gasteiger partial charge on any atom is -0.507 e. The number of aliphatic carboxylic acids is 1. The first kappa shape index (κ1) is 15.0. The van der Waals surface area contributed by atoms with Crippen LogP contribution in [0.1, 0.15) is 21.6 Å². The fourth-order valence-electron chi connectivity index (χ4n) is 1.78. The lowest BCUT2D eigenvalue weighted by molar-refractivity contribution is -0.146. The number of ketones is 1. The zero-order valence-electron chi connectivity index (χ0n) is 11.4. The number of carboxylic acid groups (broad SMARTS) is 1. The monoisotopic (exact) mass is 302 g/mol. The third-order valence-corrected chi connectivity index (χ3v) is 3.86. The van der Waals surface area contributed by atoms with Gasteiger partial charge in [0.2, 0.25) is 0 Å². The normalized spacial score (nSPS) is 11.4. The number of thiophene rings is 1. The van der Waals surface area contributed by atoms with Gasteiger partial charge in [0.05, 0.1) is 0 Å². The topological polar surface area (TPSA) is 74.6 Å². The van der Waals surface area contributed by atoms with Crippen LogP contribution in [0.4, 0.5) is 0 Å². The fourth-order valence-corrected chi connectivity index (χ4v) is 2.70. The number of carbonyl (C=O) groups excluding carboxylic acids is 1. The Bertz CT molecular complexity index is 695. The minimum absolute atomic E-state index is 0.325. The number of carboxylic acids is 1. The summed E-state index contributed by atoms with van der Waals surface area (Å²) in [6, 6.07) is 9.90. The van der Waals surface area contributed by atoms with Crippen molar-refractivity contribution < 1.29 is 19.8 Å². The van der Waals surface area contributed by atoms with Crippen LogP contribution in [0.2, 0.25) is 0 Å². The molecule has 2 N–H and O–H groups in total. The van der Waals surface area contributed by atoms with Gasteiger partial charge >= 0.3 is 5.97 Å². The van der Waals surface area contributed by atoms with E-state index in [4.69, 9.17) is 5.11 Å². The Labute approximate surface area is 126 Å². The standard InChI is InChI=1S/C16H14O4S/c1-10-2-4-11(5-3-10)6-13-7-12(9-21-13)14(17)8-15(18)16(19)20/h2-5,7-9,17H,6H2,1H3,(H,19,20). The zero-order valence-corrected chi connectivity index (χ0v) is 12.2. The summed E-state index contributed by atoms with van der Waals surface area (Å²) in [6.45, 7) is 2.02. The zero-order chi connectivity index (χ0) is 15.4. The molecule has 0 fully saturated rings. The molecule has 0 aliphatic carbocycles. The van der Waals surface area contributed by atoms with Gasteiger partial charge in [0.15, 0.2) is 0 Å². The first-order valence-corrected chi connectivity index (χ1v) is 7.15. The minimum atomic E-state index is -1.59. The molecule has 2 rings (SSSR count). The molecule has 0 saturated heterocycles. The fraction of sp³-hybridized carbons (Fsp3) is 0.125. The van der Waals surface area contributed by atoms with E-state index in [1.807, 2.05) is 31.2 Å². The Hall–Kier alpha value is -2.40. The highest BCUT2D eigenvalue weighted by molar-refractivity contribution is 7.10. The van der Waals surface area contributed by atoms with E-state index in [-0.39, 0.29) is 5.76 Å². The molecule has 0 amide bonds. The lowest BCUT2D eigenvalue weighted by Crippen LogP contribution is -2.09. The van der Waals surface area contributed by atoms with E-state index in [1.54, 1.807) is 11.4 Å².